The van der Waals surface area contributed by atoms with E-state index in [0.717, 1.165) is 29.6 Å². The van der Waals surface area contributed by atoms with Gasteiger partial charge in [-0.3, -0.25) is 0 Å². The van der Waals surface area contributed by atoms with Gasteiger partial charge in [-0.15, -0.1) is 0 Å². The monoisotopic (exact) mass is 260 g/mol. The fourth-order valence-corrected chi connectivity index (χ4v) is 4.05. The highest BCUT2D eigenvalue weighted by Crippen LogP contribution is 2.57. The van der Waals surface area contributed by atoms with Crippen molar-refractivity contribution in [2.24, 2.45) is 17.8 Å². The summed E-state index contributed by atoms with van der Waals surface area (Å²) in [6, 6.07) is 6.22. The minimum Gasteiger partial charge on any atom is -0.496 e. The maximum absolute atomic E-state index is 10.5. The van der Waals surface area contributed by atoms with Crippen LogP contribution < -0.4 is 4.74 Å². The van der Waals surface area contributed by atoms with Gasteiger partial charge in [0.15, 0.2) is 0 Å². The van der Waals surface area contributed by atoms with Gasteiger partial charge in [0.2, 0.25) is 0 Å². The van der Waals surface area contributed by atoms with Gasteiger partial charge in [0, 0.05) is 6.42 Å². The van der Waals surface area contributed by atoms with E-state index in [4.69, 9.17) is 4.74 Å². The molecule has 0 spiro atoms. The predicted molar refractivity (Wildman–Crippen MR) is 76.4 cm³/mol. The van der Waals surface area contributed by atoms with E-state index in [-0.39, 0.29) is 6.10 Å². The molecule has 2 aliphatic rings. The summed E-state index contributed by atoms with van der Waals surface area (Å²) in [5.41, 5.74) is 2.38. The molecule has 1 N–H and O–H groups in total. The van der Waals surface area contributed by atoms with Crippen LogP contribution in [0.25, 0.3) is 0 Å². The molecule has 0 aromatic heterocycles. The number of aliphatic hydroxyl groups excluding tert-OH is 1. The standard InChI is InChI=1S/C17H24O2/c1-11-7-8-16(19-2)12(9-11)10-15(18)17-13-5-3-4-6-14(13)17/h7-9,13-15,17-18H,3-6,10H2,1-2H3. The van der Waals surface area contributed by atoms with Crippen LogP contribution in [0.2, 0.25) is 0 Å². The number of ether oxygens (including phenoxy) is 1. The third-order valence-corrected chi connectivity index (χ3v) is 5.03. The maximum Gasteiger partial charge on any atom is 0.122 e. The van der Waals surface area contributed by atoms with Gasteiger partial charge in [0.05, 0.1) is 13.2 Å². The topological polar surface area (TPSA) is 29.5 Å². The second-order valence-corrected chi connectivity index (χ2v) is 6.28. The van der Waals surface area contributed by atoms with E-state index in [9.17, 15) is 5.11 Å². The van der Waals surface area contributed by atoms with Gasteiger partial charge in [0.25, 0.3) is 0 Å². The first kappa shape index (κ1) is 13.0. The smallest absolute Gasteiger partial charge is 0.122 e. The molecule has 0 radical (unpaired) electrons. The normalized spacial score (nSPS) is 30.6. The van der Waals surface area contributed by atoms with E-state index in [0.29, 0.717) is 5.92 Å². The lowest BCUT2D eigenvalue weighted by molar-refractivity contribution is 0.139. The Labute approximate surface area is 115 Å². The van der Waals surface area contributed by atoms with E-state index < -0.39 is 0 Å². The van der Waals surface area contributed by atoms with E-state index in [1.54, 1.807) is 7.11 Å². The number of aliphatic hydroxyl groups is 1. The first-order chi connectivity index (χ1) is 9.20. The molecule has 104 valence electrons. The fourth-order valence-electron chi connectivity index (χ4n) is 4.05. The number of benzene rings is 1. The molecule has 0 bridgehead atoms. The Morgan fingerprint density at radius 3 is 2.58 bits per heavy atom. The van der Waals surface area contributed by atoms with Crippen LogP contribution in [0.4, 0.5) is 0 Å². The lowest BCUT2D eigenvalue weighted by Crippen LogP contribution is -2.15. The third kappa shape index (κ3) is 2.51. The van der Waals surface area contributed by atoms with Crippen LogP contribution in [-0.2, 0) is 6.42 Å². The quantitative estimate of drug-likeness (QED) is 0.899. The zero-order valence-corrected chi connectivity index (χ0v) is 11.9. The summed E-state index contributed by atoms with van der Waals surface area (Å²) in [5, 5.41) is 10.5. The molecular weight excluding hydrogens is 236 g/mol. The number of hydrogen-bond donors (Lipinski definition) is 1. The molecule has 2 saturated carbocycles. The van der Waals surface area contributed by atoms with Crippen molar-refractivity contribution < 1.29 is 9.84 Å². The summed E-state index contributed by atoms with van der Waals surface area (Å²) in [4.78, 5) is 0. The minimum atomic E-state index is -0.191. The van der Waals surface area contributed by atoms with Crippen molar-refractivity contribution in [1.82, 2.24) is 0 Å². The summed E-state index contributed by atoms with van der Waals surface area (Å²) in [5.74, 6) is 3.07. The summed E-state index contributed by atoms with van der Waals surface area (Å²) in [6.07, 6.45) is 5.93. The molecule has 0 aliphatic heterocycles. The Hall–Kier alpha value is -1.02. The number of rotatable bonds is 4. The number of fused-ring (bicyclic) bond motifs is 1. The number of hydrogen-bond acceptors (Lipinski definition) is 2. The van der Waals surface area contributed by atoms with E-state index >= 15 is 0 Å². The summed E-state index contributed by atoms with van der Waals surface area (Å²) in [7, 11) is 1.71. The first-order valence-corrected chi connectivity index (χ1v) is 7.52. The Morgan fingerprint density at radius 2 is 1.95 bits per heavy atom. The summed E-state index contributed by atoms with van der Waals surface area (Å²) >= 11 is 0. The zero-order chi connectivity index (χ0) is 13.4. The van der Waals surface area contributed by atoms with Crippen LogP contribution in [0.15, 0.2) is 18.2 Å². The Kier molecular flexibility index (Phi) is 3.53. The van der Waals surface area contributed by atoms with Crippen LogP contribution in [0.5, 0.6) is 5.75 Å². The highest BCUT2D eigenvalue weighted by atomic mass is 16.5. The van der Waals surface area contributed by atoms with Gasteiger partial charge in [-0.1, -0.05) is 30.5 Å². The molecule has 0 saturated heterocycles. The molecule has 3 rings (SSSR count). The molecule has 3 atom stereocenters. The maximum atomic E-state index is 10.5. The van der Waals surface area contributed by atoms with Crippen molar-refractivity contribution in [2.45, 2.75) is 45.1 Å². The largest absolute Gasteiger partial charge is 0.496 e. The van der Waals surface area contributed by atoms with E-state index in [1.165, 1.54) is 31.2 Å². The van der Waals surface area contributed by atoms with E-state index in [1.807, 2.05) is 6.07 Å². The molecule has 2 nitrogen and oxygen atoms in total. The van der Waals surface area contributed by atoms with Crippen molar-refractivity contribution in [3.8, 4) is 5.75 Å². The third-order valence-electron chi connectivity index (χ3n) is 5.03. The molecule has 1 aromatic carbocycles. The van der Waals surface area contributed by atoms with Crippen molar-refractivity contribution in [3.05, 3.63) is 29.3 Å². The van der Waals surface area contributed by atoms with Gasteiger partial charge in [-0.2, -0.15) is 0 Å². The van der Waals surface area contributed by atoms with E-state index in [2.05, 4.69) is 19.1 Å². The van der Waals surface area contributed by atoms with Crippen molar-refractivity contribution >= 4 is 0 Å². The van der Waals surface area contributed by atoms with Crippen LogP contribution in [0.1, 0.15) is 36.8 Å². The lowest BCUT2D eigenvalue weighted by Gasteiger charge is -2.14. The van der Waals surface area contributed by atoms with Crippen LogP contribution in [0.3, 0.4) is 0 Å². The van der Waals surface area contributed by atoms with Gasteiger partial charge < -0.3 is 9.84 Å². The predicted octanol–water partition coefficient (Wildman–Crippen LogP) is 3.34. The Bertz CT molecular complexity index is 443. The average Bonchev–Trinajstić information content (AvgIpc) is 3.13. The fraction of sp³-hybridized carbons (Fsp3) is 0.647. The molecule has 1 aromatic rings. The van der Waals surface area contributed by atoms with Gasteiger partial charge >= 0.3 is 0 Å². The van der Waals surface area contributed by atoms with Gasteiger partial charge in [-0.05, 0) is 49.1 Å². The van der Waals surface area contributed by atoms with Crippen LogP contribution in [0, 0.1) is 24.7 Å². The van der Waals surface area contributed by atoms with Crippen LogP contribution >= 0.6 is 0 Å². The summed E-state index contributed by atoms with van der Waals surface area (Å²) in [6.45, 7) is 2.09. The molecule has 2 fully saturated rings. The molecule has 0 heterocycles. The highest BCUT2D eigenvalue weighted by Gasteiger charge is 2.53. The van der Waals surface area contributed by atoms with Crippen molar-refractivity contribution in [1.29, 1.82) is 0 Å². The first-order valence-electron chi connectivity index (χ1n) is 7.52. The zero-order valence-electron chi connectivity index (χ0n) is 11.9. The molecular formula is C17H24O2. The lowest BCUT2D eigenvalue weighted by atomic mass is 10.00. The summed E-state index contributed by atoms with van der Waals surface area (Å²) < 4.78 is 5.41. The van der Waals surface area contributed by atoms with Gasteiger partial charge in [0.1, 0.15) is 5.75 Å². The van der Waals surface area contributed by atoms with Gasteiger partial charge in [-0.25, -0.2) is 0 Å². The SMILES string of the molecule is COc1ccc(C)cc1CC(O)C1C2CCCCC21. The Morgan fingerprint density at radius 1 is 1.26 bits per heavy atom. The molecule has 3 unspecified atom stereocenters. The second-order valence-electron chi connectivity index (χ2n) is 6.28. The molecule has 2 aliphatic carbocycles. The molecule has 2 heteroatoms. The Balaban J connectivity index is 1.69. The minimum absolute atomic E-state index is 0.191. The van der Waals surface area contributed by atoms with Crippen LogP contribution in [-0.4, -0.2) is 18.3 Å². The van der Waals surface area contributed by atoms with Crippen molar-refractivity contribution in [2.75, 3.05) is 7.11 Å². The average molecular weight is 260 g/mol. The highest BCUT2D eigenvalue weighted by molar-refractivity contribution is 5.37. The molecule has 0 amide bonds. The second kappa shape index (κ2) is 5.16. The van der Waals surface area contributed by atoms with Crippen molar-refractivity contribution in [3.63, 3.8) is 0 Å². The number of methoxy groups -OCH3 is 1. The number of aryl methyl sites for hydroxylation is 1. The molecule has 19 heavy (non-hydrogen) atoms.